The highest BCUT2D eigenvalue weighted by Crippen LogP contribution is 2.38. The lowest BCUT2D eigenvalue weighted by atomic mass is 9.87. The number of benzene rings is 1. The van der Waals surface area contributed by atoms with E-state index >= 15 is 0 Å². The first-order valence-corrected chi connectivity index (χ1v) is 7.94. The van der Waals surface area contributed by atoms with Crippen LogP contribution in [0.25, 0.3) is 0 Å². The summed E-state index contributed by atoms with van der Waals surface area (Å²) in [7, 11) is -4.44. The first-order valence-electron chi connectivity index (χ1n) is 6.46. The van der Waals surface area contributed by atoms with Gasteiger partial charge in [-0.05, 0) is 25.0 Å². The molecule has 0 spiro atoms. The van der Waals surface area contributed by atoms with Crippen molar-refractivity contribution in [3.63, 3.8) is 0 Å². The van der Waals surface area contributed by atoms with Crippen LogP contribution < -0.4 is 4.72 Å². The number of sulfonamides is 1. The smallest absolute Gasteiger partial charge is 0.310 e. The van der Waals surface area contributed by atoms with Gasteiger partial charge >= 0.3 is 5.97 Å². The Hall–Kier alpha value is -1.54. The van der Waals surface area contributed by atoms with E-state index in [9.17, 15) is 27.1 Å². The van der Waals surface area contributed by atoms with Gasteiger partial charge in [-0.25, -0.2) is 21.9 Å². The number of carboxylic acid groups (broad SMARTS) is 1. The molecule has 1 aromatic rings. The molecule has 0 heterocycles. The van der Waals surface area contributed by atoms with Crippen molar-refractivity contribution in [2.45, 2.75) is 30.6 Å². The van der Waals surface area contributed by atoms with Gasteiger partial charge in [0.1, 0.15) is 11.6 Å². The lowest BCUT2D eigenvalue weighted by molar-refractivity contribution is -0.148. The monoisotopic (exact) mass is 319 g/mol. The van der Waals surface area contributed by atoms with Gasteiger partial charge in [0.25, 0.3) is 0 Å². The standard InChI is InChI=1S/C13H15F2NO4S/c14-9-4-3-5-10(15)11(9)21(19,20)16-8-13(12(17)18)6-1-2-7-13/h3-5,16H,1-2,6-8H2,(H,17,18). The Morgan fingerprint density at radius 1 is 1.24 bits per heavy atom. The van der Waals surface area contributed by atoms with E-state index in [4.69, 9.17) is 0 Å². The minimum atomic E-state index is -4.44. The third-order valence-corrected chi connectivity index (χ3v) is 5.25. The second-order valence-corrected chi connectivity index (χ2v) is 6.87. The van der Waals surface area contributed by atoms with E-state index in [0.29, 0.717) is 25.7 Å². The number of rotatable bonds is 5. The van der Waals surface area contributed by atoms with Gasteiger partial charge in [-0.1, -0.05) is 18.9 Å². The highest BCUT2D eigenvalue weighted by atomic mass is 32.2. The van der Waals surface area contributed by atoms with Crippen LogP contribution in [0.5, 0.6) is 0 Å². The molecule has 1 aromatic carbocycles. The summed E-state index contributed by atoms with van der Waals surface area (Å²) < 4.78 is 53.1. The molecule has 0 amide bonds. The fourth-order valence-electron chi connectivity index (χ4n) is 2.56. The minimum Gasteiger partial charge on any atom is -0.481 e. The van der Waals surface area contributed by atoms with E-state index in [1.165, 1.54) is 0 Å². The molecule has 2 N–H and O–H groups in total. The van der Waals surface area contributed by atoms with Crippen molar-refractivity contribution < 1.29 is 27.1 Å². The fourth-order valence-corrected chi connectivity index (χ4v) is 3.82. The fraction of sp³-hybridized carbons (Fsp3) is 0.462. The van der Waals surface area contributed by atoms with Crippen LogP contribution >= 0.6 is 0 Å². The molecule has 1 saturated carbocycles. The summed E-state index contributed by atoms with van der Waals surface area (Å²) >= 11 is 0. The van der Waals surface area contributed by atoms with Gasteiger partial charge in [-0.3, -0.25) is 4.79 Å². The second-order valence-electron chi connectivity index (χ2n) is 5.17. The maximum atomic E-state index is 13.5. The topological polar surface area (TPSA) is 83.5 Å². The van der Waals surface area contributed by atoms with Crippen LogP contribution in [0.1, 0.15) is 25.7 Å². The molecule has 0 saturated heterocycles. The molecule has 21 heavy (non-hydrogen) atoms. The summed E-state index contributed by atoms with van der Waals surface area (Å²) in [5, 5.41) is 9.26. The Bertz CT molecular complexity index is 634. The lowest BCUT2D eigenvalue weighted by Gasteiger charge is -2.24. The summed E-state index contributed by atoms with van der Waals surface area (Å²) in [4.78, 5) is 10.2. The van der Waals surface area contributed by atoms with Crippen molar-refractivity contribution in [2.75, 3.05) is 6.54 Å². The van der Waals surface area contributed by atoms with Crippen LogP contribution in [0.4, 0.5) is 8.78 Å². The Morgan fingerprint density at radius 3 is 2.24 bits per heavy atom. The zero-order valence-electron chi connectivity index (χ0n) is 11.1. The molecular weight excluding hydrogens is 304 g/mol. The van der Waals surface area contributed by atoms with E-state index in [2.05, 4.69) is 0 Å². The highest BCUT2D eigenvalue weighted by molar-refractivity contribution is 7.89. The normalized spacial score (nSPS) is 17.8. The maximum absolute atomic E-state index is 13.5. The third-order valence-electron chi connectivity index (χ3n) is 3.80. The number of carbonyl (C=O) groups is 1. The van der Waals surface area contributed by atoms with Crippen molar-refractivity contribution in [1.29, 1.82) is 0 Å². The number of hydrogen-bond donors (Lipinski definition) is 2. The van der Waals surface area contributed by atoms with Crippen molar-refractivity contribution in [1.82, 2.24) is 4.72 Å². The van der Waals surface area contributed by atoms with Crippen LogP contribution in [-0.2, 0) is 14.8 Å². The van der Waals surface area contributed by atoms with Gasteiger partial charge in [0.2, 0.25) is 10.0 Å². The summed E-state index contributed by atoms with van der Waals surface area (Å²) in [5.41, 5.74) is -1.20. The Labute approximate surface area is 121 Å². The molecule has 1 aliphatic rings. The van der Waals surface area contributed by atoms with Crippen LogP contribution in [0.15, 0.2) is 23.1 Å². The van der Waals surface area contributed by atoms with Crippen molar-refractivity contribution in [3.8, 4) is 0 Å². The van der Waals surface area contributed by atoms with Crippen LogP contribution in [0, 0.1) is 17.0 Å². The second kappa shape index (κ2) is 5.69. The summed E-state index contributed by atoms with van der Waals surface area (Å²) in [6.45, 7) is -0.377. The van der Waals surface area contributed by atoms with Gasteiger partial charge in [0.15, 0.2) is 4.90 Å². The highest BCUT2D eigenvalue weighted by Gasteiger charge is 2.42. The predicted molar refractivity (Wildman–Crippen MR) is 70.1 cm³/mol. The number of nitrogens with one attached hydrogen (secondary N) is 1. The molecule has 5 nitrogen and oxygen atoms in total. The van der Waals surface area contributed by atoms with E-state index in [0.717, 1.165) is 18.2 Å². The number of carboxylic acids is 1. The van der Waals surface area contributed by atoms with Crippen molar-refractivity contribution in [2.24, 2.45) is 5.41 Å². The summed E-state index contributed by atoms with van der Waals surface area (Å²) in [6.07, 6.45) is 2.04. The largest absolute Gasteiger partial charge is 0.481 e. The van der Waals surface area contributed by atoms with E-state index < -0.39 is 37.9 Å². The molecule has 0 radical (unpaired) electrons. The van der Waals surface area contributed by atoms with Gasteiger partial charge < -0.3 is 5.11 Å². The number of aliphatic carboxylic acids is 1. The molecule has 0 bridgehead atoms. The average Bonchev–Trinajstić information content (AvgIpc) is 2.86. The zero-order valence-corrected chi connectivity index (χ0v) is 11.9. The summed E-state index contributed by atoms with van der Waals surface area (Å²) in [6, 6.07) is 2.72. The summed E-state index contributed by atoms with van der Waals surface area (Å²) in [5.74, 6) is -3.52. The van der Waals surface area contributed by atoms with Gasteiger partial charge in [0, 0.05) is 6.54 Å². The number of hydrogen-bond acceptors (Lipinski definition) is 3. The number of halogens is 2. The predicted octanol–water partition coefficient (Wildman–Crippen LogP) is 1.89. The molecule has 0 aromatic heterocycles. The SMILES string of the molecule is O=C(O)C1(CNS(=O)(=O)c2c(F)cccc2F)CCCC1. The quantitative estimate of drug-likeness (QED) is 0.868. The molecule has 0 atom stereocenters. The molecule has 1 fully saturated rings. The Morgan fingerprint density at radius 2 is 1.76 bits per heavy atom. The zero-order chi connectivity index (χ0) is 15.7. The molecule has 8 heteroatoms. The van der Waals surface area contributed by atoms with Crippen LogP contribution in [0.2, 0.25) is 0 Å². The molecule has 116 valence electrons. The molecule has 0 aliphatic heterocycles. The first-order chi connectivity index (χ1) is 9.78. The maximum Gasteiger partial charge on any atom is 0.310 e. The van der Waals surface area contributed by atoms with E-state index in [1.807, 2.05) is 4.72 Å². The van der Waals surface area contributed by atoms with Crippen LogP contribution in [0.3, 0.4) is 0 Å². The van der Waals surface area contributed by atoms with Gasteiger partial charge in [0.05, 0.1) is 5.41 Å². The van der Waals surface area contributed by atoms with Crippen molar-refractivity contribution >= 4 is 16.0 Å². The molecular formula is C13H15F2NO4S. The molecule has 1 aliphatic carbocycles. The van der Waals surface area contributed by atoms with E-state index in [-0.39, 0.29) is 6.54 Å². The van der Waals surface area contributed by atoms with E-state index in [1.54, 1.807) is 0 Å². The lowest BCUT2D eigenvalue weighted by Crippen LogP contribution is -2.41. The average molecular weight is 319 g/mol. The van der Waals surface area contributed by atoms with Crippen molar-refractivity contribution in [3.05, 3.63) is 29.8 Å². The molecule has 2 rings (SSSR count). The first kappa shape index (κ1) is 15.8. The van der Waals surface area contributed by atoms with Gasteiger partial charge in [-0.15, -0.1) is 0 Å². The van der Waals surface area contributed by atoms with Gasteiger partial charge in [-0.2, -0.15) is 0 Å². The Balaban J connectivity index is 2.24. The minimum absolute atomic E-state index is 0.338. The Kier molecular flexibility index (Phi) is 4.29. The third kappa shape index (κ3) is 3.06. The van der Waals surface area contributed by atoms with Crippen LogP contribution in [-0.4, -0.2) is 26.0 Å². The molecule has 0 unspecified atom stereocenters.